The van der Waals surface area contributed by atoms with Gasteiger partial charge < -0.3 is 15.3 Å². The molecular formula is C28H46O5. The molecule has 4 aliphatic carbocycles. The van der Waals surface area contributed by atoms with Crippen LogP contribution in [-0.2, 0) is 9.59 Å². The highest BCUT2D eigenvalue weighted by Gasteiger charge is 2.63. The molecule has 0 aromatic heterocycles. The van der Waals surface area contributed by atoms with Crippen LogP contribution in [-0.4, -0.2) is 45.2 Å². The average molecular weight is 463 g/mol. The Morgan fingerprint density at radius 2 is 1.52 bits per heavy atom. The highest BCUT2D eigenvalue weighted by Crippen LogP contribution is 2.67. The maximum atomic E-state index is 13.3. The lowest BCUT2D eigenvalue weighted by Crippen LogP contribution is -2.59. The molecule has 4 rings (SSSR count). The third-order valence-electron chi connectivity index (χ3n) is 11.5. The minimum absolute atomic E-state index is 0.00165. The van der Waals surface area contributed by atoms with Crippen molar-refractivity contribution in [3.63, 3.8) is 0 Å². The smallest absolute Gasteiger partial charge is 0.161 e. The number of ketones is 2. The summed E-state index contributed by atoms with van der Waals surface area (Å²) < 4.78 is 0. The number of carbonyl (C=O) groups is 2. The predicted molar refractivity (Wildman–Crippen MR) is 127 cm³/mol. The van der Waals surface area contributed by atoms with Crippen molar-refractivity contribution in [3.8, 4) is 0 Å². The molecule has 0 aromatic rings. The molecule has 0 unspecified atom stereocenters. The summed E-state index contributed by atoms with van der Waals surface area (Å²) in [5, 5.41) is 32.1. The average Bonchev–Trinajstić information content (AvgIpc) is 3.10. The second-order valence-electron chi connectivity index (χ2n) is 13.2. The summed E-state index contributed by atoms with van der Waals surface area (Å²) in [5.41, 5.74) is -0.284. The zero-order valence-electron chi connectivity index (χ0n) is 21.5. The number of fused-ring (bicyclic) bond motifs is 5. The van der Waals surface area contributed by atoms with Crippen molar-refractivity contribution in [1.82, 2.24) is 0 Å². The summed E-state index contributed by atoms with van der Waals surface area (Å²) in [5.74, 6) is 1.68. The molecule has 0 aromatic carbocycles. The first-order valence-corrected chi connectivity index (χ1v) is 13.4. The van der Waals surface area contributed by atoms with Crippen molar-refractivity contribution >= 4 is 11.6 Å². The van der Waals surface area contributed by atoms with E-state index in [0.717, 1.165) is 25.7 Å². The fraction of sp³-hybridized carbons (Fsp3) is 0.929. The number of aliphatic hydroxyl groups excluding tert-OH is 3. The van der Waals surface area contributed by atoms with Gasteiger partial charge in [0.25, 0.3) is 0 Å². The van der Waals surface area contributed by atoms with Crippen molar-refractivity contribution in [1.29, 1.82) is 0 Å². The lowest BCUT2D eigenvalue weighted by Gasteiger charge is -2.60. The maximum absolute atomic E-state index is 13.3. The molecule has 0 amide bonds. The quantitative estimate of drug-likeness (QED) is 0.574. The minimum atomic E-state index is -0.977. The molecule has 0 heterocycles. The van der Waals surface area contributed by atoms with E-state index >= 15 is 0 Å². The fourth-order valence-electron chi connectivity index (χ4n) is 9.05. The Morgan fingerprint density at radius 3 is 2.15 bits per heavy atom. The van der Waals surface area contributed by atoms with Crippen LogP contribution in [0.4, 0.5) is 0 Å². The SMILES string of the molecule is CC(C)[C@@H](C)[C@@H](O)[C@H](O)[C@@H](C)[C@H]1CC[C@H]2[C@@H]3CC(=O)[C@H]4C[C@@H](O)C(=O)C[C@]4(C)[C@H]3CC[C@]12C. The molecule has 188 valence electrons. The van der Waals surface area contributed by atoms with Crippen molar-refractivity contribution in [2.24, 2.45) is 58.2 Å². The van der Waals surface area contributed by atoms with Gasteiger partial charge in [0, 0.05) is 18.8 Å². The molecule has 5 heteroatoms. The molecule has 0 radical (unpaired) electrons. The third-order valence-corrected chi connectivity index (χ3v) is 11.5. The molecule has 3 N–H and O–H groups in total. The fourth-order valence-corrected chi connectivity index (χ4v) is 9.05. The first kappa shape index (κ1) is 25.3. The van der Waals surface area contributed by atoms with E-state index in [-0.39, 0.29) is 46.1 Å². The van der Waals surface area contributed by atoms with Crippen LogP contribution in [0.1, 0.15) is 86.5 Å². The molecule has 0 aliphatic heterocycles. The number of hydrogen-bond donors (Lipinski definition) is 3. The van der Waals surface area contributed by atoms with Crippen LogP contribution in [0.15, 0.2) is 0 Å². The minimum Gasteiger partial charge on any atom is -0.390 e. The maximum Gasteiger partial charge on any atom is 0.161 e. The van der Waals surface area contributed by atoms with Crippen LogP contribution in [0, 0.1) is 58.2 Å². The van der Waals surface area contributed by atoms with Crippen molar-refractivity contribution < 1.29 is 24.9 Å². The summed E-state index contributed by atoms with van der Waals surface area (Å²) in [6.07, 6.45) is 2.89. The summed E-state index contributed by atoms with van der Waals surface area (Å²) in [4.78, 5) is 25.8. The van der Waals surface area contributed by atoms with E-state index in [1.165, 1.54) is 0 Å². The molecule has 0 saturated heterocycles. The van der Waals surface area contributed by atoms with Crippen LogP contribution in [0.5, 0.6) is 0 Å². The summed E-state index contributed by atoms with van der Waals surface area (Å²) >= 11 is 0. The zero-order valence-corrected chi connectivity index (χ0v) is 21.5. The Labute approximate surface area is 199 Å². The first-order chi connectivity index (χ1) is 15.3. The Morgan fingerprint density at radius 1 is 0.879 bits per heavy atom. The van der Waals surface area contributed by atoms with Gasteiger partial charge in [-0.15, -0.1) is 0 Å². The lowest BCUT2D eigenvalue weighted by molar-refractivity contribution is -0.167. The first-order valence-electron chi connectivity index (χ1n) is 13.4. The van der Waals surface area contributed by atoms with Gasteiger partial charge in [-0.25, -0.2) is 0 Å². The summed E-state index contributed by atoms with van der Waals surface area (Å²) in [6, 6.07) is 0. The molecule has 33 heavy (non-hydrogen) atoms. The topological polar surface area (TPSA) is 94.8 Å². The predicted octanol–water partition coefficient (Wildman–Crippen LogP) is 4.01. The zero-order chi connectivity index (χ0) is 24.5. The second-order valence-corrected chi connectivity index (χ2v) is 13.2. The van der Waals surface area contributed by atoms with Crippen LogP contribution in [0.3, 0.4) is 0 Å². The Balaban J connectivity index is 1.56. The molecule has 0 bridgehead atoms. The molecule has 12 atom stereocenters. The molecular weight excluding hydrogens is 416 g/mol. The highest BCUT2D eigenvalue weighted by molar-refractivity contribution is 5.90. The highest BCUT2D eigenvalue weighted by atomic mass is 16.3. The van der Waals surface area contributed by atoms with Crippen LogP contribution >= 0.6 is 0 Å². The number of carbonyl (C=O) groups excluding carboxylic acids is 2. The van der Waals surface area contributed by atoms with Gasteiger partial charge in [-0.05, 0) is 84.4 Å². The summed E-state index contributed by atoms with van der Waals surface area (Å²) in [6.45, 7) is 12.8. The van der Waals surface area contributed by atoms with Crippen molar-refractivity contribution in [2.45, 2.75) is 105 Å². The standard InChI is InChI=1S/C28H46O5/c1-14(2)15(3)25(32)26(33)16(4)18-7-8-19-17-11-22(29)21-12-23(30)24(31)13-28(21,6)20(17)9-10-27(18,19)5/h14-21,23,25-26,30,32-33H,7-13H2,1-6H3/t15-,16+,17+,18-,19+,20+,21-,23-,25-,26-,27-,28-/m1/s1. The van der Waals surface area contributed by atoms with E-state index in [2.05, 4.69) is 34.6 Å². The molecule has 4 fully saturated rings. The third kappa shape index (κ3) is 3.85. The number of hydrogen-bond acceptors (Lipinski definition) is 5. The van der Waals surface area contributed by atoms with E-state index in [4.69, 9.17) is 0 Å². The van der Waals surface area contributed by atoms with Gasteiger partial charge in [-0.1, -0.05) is 41.5 Å². The number of aliphatic hydroxyl groups is 3. The monoisotopic (exact) mass is 462 g/mol. The number of rotatable bonds is 5. The Kier molecular flexibility index (Phi) is 6.68. The number of Topliss-reactive ketones (excluding diaryl/α,β-unsaturated/α-hetero) is 2. The molecule has 4 aliphatic rings. The van der Waals surface area contributed by atoms with Gasteiger partial charge in [0.15, 0.2) is 5.78 Å². The molecule has 5 nitrogen and oxygen atoms in total. The Hall–Kier alpha value is -0.780. The lowest BCUT2D eigenvalue weighted by atomic mass is 9.44. The van der Waals surface area contributed by atoms with E-state index in [0.29, 0.717) is 42.9 Å². The second kappa shape index (κ2) is 8.71. The van der Waals surface area contributed by atoms with Gasteiger partial charge in [-0.2, -0.15) is 0 Å². The summed E-state index contributed by atoms with van der Waals surface area (Å²) in [7, 11) is 0. The molecule has 4 saturated carbocycles. The van der Waals surface area contributed by atoms with Crippen LogP contribution in [0.25, 0.3) is 0 Å². The van der Waals surface area contributed by atoms with Crippen molar-refractivity contribution in [2.75, 3.05) is 0 Å². The van der Waals surface area contributed by atoms with Crippen LogP contribution < -0.4 is 0 Å². The normalized spacial score (nSPS) is 46.8. The molecule has 0 spiro atoms. The van der Waals surface area contributed by atoms with Crippen LogP contribution in [0.2, 0.25) is 0 Å². The van der Waals surface area contributed by atoms with Crippen molar-refractivity contribution in [3.05, 3.63) is 0 Å². The van der Waals surface area contributed by atoms with E-state index < -0.39 is 18.3 Å². The van der Waals surface area contributed by atoms with Gasteiger partial charge in [0.2, 0.25) is 0 Å². The van der Waals surface area contributed by atoms with Gasteiger partial charge in [0.05, 0.1) is 12.2 Å². The Bertz CT molecular complexity index is 778. The van der Waals surface area contributed by atoms with E-state index in [1.807, 2.05) is 6.92 Å². The largest absolute Gasteiger partial charge is 0.390 e. The van der Waals surface area contributed by atoms with Gasteiger partial charge in [0.1, 0.15) is 11.9 Å². The van der Waals surface area contributed by atoms with E-state index in [9.17, 15) is 24.9 Å². The van der Waals surface area contributed by atoms with E-state index in [1.54, 1.807) is 0 Å². The van der Waals surface area contributed by atoms with Gasteiger partial charge >= 0.3 is 0 Å². The van der Waals surface area contributed by atoms with Gasteiger partial charge in [-0.3, -0.25) is 9.59 Å².